The Morgan fingerprint density at radius 3 is 1.40 bits per heavy atom. The van der Waals surface area contributed by atoms with Gasteiger partial charge in [0.15, 0.2) is 0 Å². The SMILES string of the molecule is CN(CCN(C)Cc1ccccc1[O-])Cc1ccccc1[O-].O=C([O-])c1cccc(C(=O)[O-])n1.[Ti+4]. The van der Waals surface area contributed by atoms with Crippen molar-refractivity contribution in [2.24, 2.45) is 0 Å². The molecule has 0 saturated heterocycles. The molecule has 3 aromatic rings. The van der Waals surface area contributed by atoms with Crippen LogP contribution in [0.1, 0.15) is 32.1 Å². The molecule has 3 rings (SSSR count). The monoisotopic (exact) mass is 511 g/mol. The Bertz CT molecular complexity index is 1030. The van der Waals surface area contributed by atoms with Crippen molar-refractivity contribution < 1.29 is 51.7 Å². The van der Waals surface area contributed by atoms with Crippen LogP contribution in [0.15, 0.2) is 66.7 Å². The summed E-state index contributed by atoms with van der Waals surface area (Å²) in [4.78, 5) is 27.9. The zero-order valence-electron chi connectivity index (χ0n) is 19.5. The number of carbonyl (C=O) groups excluding carboxylic acids is 2. The molecule has 0 N–H and O–H groups in total. The van der Waals surface area contributed by atoms with E-state index in [4.69, 9.17) is 0 Å². The van der Waals surface area contributed by atoms with Gasteiger partial charge in [0, 0.05) is 26.2 Å². The predicted molar refractivity (Wildman–Crippen MR) is 117 cm³/mol. The molecule has 0 fully saturated rings. The molecular weight excluding hydrogens is 486 g/mol. The minimum atomic E-state index is -1.52. The molecule has 0 radical (unpaired) electrons. The summed E-state index contributed by atoms with van der Waals surface area (Å²) in [6.07, 6.45) is 0. The van der Waals surface area contributed by atoms with Crippen LogP contribution in [0.2, 0.25) is 0 Å². The third-order valence-electron chi connectivity index (χ3n) is 4.86. The number of hydrogen-bond acceptors (Lipinski definition) is 9. The van der Waals surface area contributed by atoms with Crippen LogP contribution in [0.4, 0.5) is 0 Å². The summed E-state index contributed by atoms with van der Waals surface area (Å²) in [5.41, 5.74) is 0.795. The number of rotatable bonds is 9. The third-order valence-corrected chi connectivity index (χ3v) is 4.86. The zero-order chi connectivity index (χ0) is 25.1. The van der Waals surface area contributed by atoms with E-state index in [1.165, 1.54) is 6.07 Å². The molecule has 0 bridgehead atoms. The third kappa shape index (κ3) is 10.3. The first-order valence-electron chi connectivity index (χ1n) is 10.4. The predicted octanol–water partition coefficient (Wildman–Crippen LogP) is -0.796. The van der Waals surface area contributed by atoms with E-state index in [0.29, 0.717) is 13.1 Å². The molecule has 35 heavy (non-hydrogen) atoms. The molecule has 0 atom stereocenters. The summed E-state index contributed by atoms with van der Waals surface area (Å²) in [6, 6.07) is 17.8. The largest absolute Gasteiger partial charge is 4.00 e. The van der Waals surface area contributed by atoms with Crippen LogP contribution in [-0.2, 0) is 34.8 Å². The Morgan fingerprint density at radius 2 is 1.06 bits per heavy atom. The van der Waals surface area contributed by atoms with Crippen LogP contribution in [0, 0.1) is 0 Å². The Morgan fingerprint density at radius 1 is 0.686 bits per heavy atom. The van der Waals surface area contributed by atoms with E-state index in [-0.39, 0.29) is 33.2 Å². The number of aromatic carboxylic acids is 2. The fraction of sp³-hybridized carbons (Fsp3) is 0.240. The smallest absolute Gasteiger partial charge is 0.872 e. The number of carbonyl (C=O) groups is 2. The normalized spacial score (nSPS) is 10.3. The molecule has 0 aliphatic rings. The maximum Gasteiger partial charge on any atom is 4.00 e. The van der Waals surface area contributed by atoms with Gasteiger partial charge in [-0.25, -0.2) is 4.98 Å². The summed E-state index contributed by atoms with van der Waals surface area (Å²) < 4.78 is 0. The number of likely N-dealkylation sites (N-methyl/N-ethyl adjacent to an activating group) is 2. The van der Waals surface area contributed by atoms with Crippen LogP contribution >= 0.6 is 0 Å². The van der Waals surface area contributed by atoms with Gasteiger partial charge in [0.2, 0.25) is 0 Å². The van der Waals surface area contributed by atoms with Crippen LogP contribution in [0.3, 0.4) is 0 Å². The number of carboxylic acids is 2. The topological polar surface area (TPSA) is 146 Å². The van der Waals surface area contributed by atoms with Crippen LogP contribution in [0.5, 0.6) is 11.5 Å². The van der Waals surface area contributed by atoms with Gasteiger partial charge in [0.05, 0.1) is 23.3 Å². The van der Waals surface area contributed by atoms with Crippen molar-refractivity contribution >= 4 is 11.9 Å². The summed E-state index contributed by atoms with van der Waals surface area (Å²) in [5, 5.41) is 43.8. The molecule has 9 nitrogen and oxygen atoms in total. The van der Waals surface area contributed by atoms with Crippen molar-refractivity contribution in [3.8, 4) is 11.5 Å². The molecule has 1 aromatic heterocycles. The maximum absolute atomic E-state index is 11.7. The zero-order valence-corrected chi connectivity index (χ0v) is 21.0. The number of benzene rings is 2. The van der Waals surface area contributed by atoms with Gasteiger partial charge < -0.3 is 39.8 Å². The molecule has 0 saturated carbocycles. The minimum Gasteiger partial charge on any atom is -0.872 e. The summed E-state index contributed by atoms with van der Waals surface area (Å²) in [6.45, 7) is 2.97. The second-order valence-electron chi connectivity index (χ2n) is 7.67. The first kappa shape index (κ1) is 29.8. The average molecular weight is 511 g/mol. The number of nitrogens with zero attached hydrogens (tertiary/aromatic N) is 3. The van der Waals surface area contributed by atoms with Gasteiger partial charge in [-0.3, -0.25) is 0 Å². The van der Waals surface area contributed by atoms with Gasteiger partial charge in [-0.05, 0) is 37.4 Å². The first-order valence-corrected chi connectivity index (χ1v) is 10.4. The number of aromatic nitrogens is 1. The van der Waals surface area contributed by atoms with E-state index in [9.17, 15) is 30.0 Å². The molecule has 0 aliphatic carbocycles. The number of para-hydroxylation sites is 2. The van der Waals surface area contributed by atoms with E-state index in [2.05, 4.69) is 14.8 Å². The molecule has 10 heteroatoms. The summed E-state index contributed by atoms with van der Waals surface area (Å²) in [7, 11) is 4.00. The van der Waals surface area contributed by atoms with Crippen LogP contribution < -0.4 is 20.4 Å². The Hall–Kier alpha value is -3.24. The quantitative estimate of drug-likeness (QED) is 0.337. The average Bonchev–Trinajstić information content (AvgIpc) is 2.81. The van der Waals surface area contributed by atoms with E-state index < -0.39 is 23.3 Å². The summed E-state index contributed by atoms with van der Waals surface area (Å²) in [5.74, 6) is -2.86. The van der Waals surface area contributed by atoms with E-state index in [1.54, 1.807) is 24.3 Å². The number of hydrogen-bond donors (Lipinski definition) is 0. The molecule has 0 unspecified atom stereocenters. The van der Waals surface area contributed by atoms with Gasteiger partial charge in [-0.15, -0.1) is 11.5 Å². The molecule has 0 aliphatic heterocycles. The molecule has 2 aromatic carbocycles. The van der Waals surface area contributed by atoms with Crippen LogP contribution in [0.25, 0.3) is 0 Å². The second kappa shape index (κ2) is 14.9. The Labute approximate surface area is 219 Å². The van der Waals surface area contributed by atoms with E-state index in [0.717, 1.165) is 36.3 Å². The summed E-state index contributed by atoms with van der Waals surface area (Å²) >= 11 is 0. The van der Waals surface area contributed by atoms with Crippen molar-refractivity contribution in [3.05, 3.63) is 89.2 Å². The fourth-order valence-corrected chi connectivity index (χ4v) is 3.01. The minimum absolute atomic E-state index is 0. The second-order valence-corrected chi connectivity index (χ2v) is 7.67. The fourth-order valence-electron chi connectivity index (χ4n) is 3.01. The van der Waals surface area contributed by atoms with Crippen LogP contribution in [-0.4, -0.2) is 53.9 Å². The molecular formula is C25H25N3O6Ti. The molecule has 0 amide bonds. The number of carboxylic acid groups (broad SMARTS) is 2. The van der Waals surface area contributed by atoms with Crippen molar-refractivity contribution in [1.82, 2.24) is 14.8 Å². The molecule has 0 spiro atoms. The van der Waals surface area contributed by atoms with Crippen molar-refractivity contribution in [2.75, 3.05) is 27.2 Å². The van der Waals surface area contributed by atoms with Gasteiger partial charge in [-0.1, -0.05) is 54.6 Å². The molecule has 180 valence electrons. The standard InChI is InChI=1S/C18H24N2O2.C7H5NO4.Ti/c1-19(13-15-7-3-5-9-17(15)21)11-12-20(2)14-16-8-4-6-10-18(16)22;9-6(10)4-2-1-3-5(8-4)7(11)12;/h3-10,21-22H,11-14H2,1-2H3;1-3H,(H,9,10)(H,11,12);/q;;+4/p-4. The maximum atomic E-state index is 11.7. The van der Waals surface area contributed by atoms with Gasteiger partial charge in [0.1, 0.15) is 0 Å². The van der Waals surface area contributed by atoms with E-state index >= 15 is 0 Å². The van der Waals surface area contributed by atoms with Crippen molar-refractivity contribution in [3.63, 3.8) is 0 Å². The van der Waals surface area contributed by atoms with Gasteiger partial charge in [-0.2, -0.15) is 0 Å². The van der Waals surface area contributed by atoms with Crippen molar-refractivity contribution in [1.29, 1.82) is 0 Å². The Kier molecular flexibility index (Phi) is 12.7. The van der Waals surface area contributed by atoms with Gasteiger partial charge in [0.25, 0.3) is 0 Å². The molecule has 1 heterocycles. The Balaban J connectivity index is 0.000000401. The first-order chi connectivity index (χ1) is 16.2. The van der Waals surface area contributed by atoms with E-state index in [1.807, 2.05) is 38.4 Å². The number of pyridine rings is 1. The van der Waals surface area contributed by atoms with Crippen molar-refractivity contribution in [2.45, 2.75) is 13.1 Å². The van der Waals surface area contributed by atoms with Gasteiger partial charge >= 0.3 is 21.7 Å².